The van der Waals surface area contributed by atoms with E-state index in [0.29, 0.717) is 23.1 Å². The highest BCUT2D eigenvalue weighted by molar-refractivity contribution is 5.97. The van der Waals surface area contributed by atoms with Crippen molar-refractivity contribution in [3.8, 4) is 0 Å². The molecule has 2 heterocycles. The second kappa shape index (κ2) is 9.12. The Morgan fingerprint density at radius 2 is 1.90 bits per heavy atom. The van der Waals surface area contributed by atoms with Gasteiger partial charge in [0.15, 0.2) is 6.61 Å². The third kappa shape index (κ3) is 4.66. The summed E-state index contributed by atoms with van der Waals surface area (Å²) < 4.78 is 6.90. The Morgan fingerprint density at radius 1 is 1.10 bits per heavy atom. The number of carbonyl (C=O) groups excluding carboxylic acids is 2. The number of hydrogen-bond donors (Lipinski definition) is 1. The van der Waals surface area contributed by atoms with Crippen LogP contribution in [0.3, 0.4) is 0 Å². The molecule has 3 aromatic rings. The van der Waals surface area contributed by atoms with Gasteiger partial charge in [0.25, 0.3) is 11.5 Å². The van der Waals surface area contributed by atoms with Crippen molar-refractivity contribution in [2.45, 2.75) is 45.6 Å². The van der Waals surface area contributed by atoms with Crippen LogP contribution in [0.5, 0.6) is 0 Å². The van der Waals surface area contributed by atoms with Crippen LogP contribution in [-0.4, -0.2) is 28.0 Å². The molecule has 0 unspecified atom stereocenters. The summed E-state index contributed by atoms with van der Waals surface area (Å²) in [5.74, 6) is -0.288. The maximum absolute atomic E-state index is 12.8. The lowest BCUT2D eigenvalue weighted by atomic mass is 10.1. The highest BCUT2D eigenvalue weighted by atomic mass is 16.5. The molecule has 1 aromatic heterocycles. The molecular formula is C24H25N3O4. The molecule has 7 nitrogen and oxygen atoms in total. The monoisotopic (exact) mass is 419 g/mol. The van der Waals surface area contributed by atoms with E-state index in [4.69, 9.17) is 4.74 Å². The summed E-state index contributed by atoms with van der Waals surface area (Å²) in [5.41, 5.74) is 2.49. The van der Waals surface area contributed by atoms with Crippen molar-refractivity contribution in [2.24, 2.45) is 0 Å². The molecule has 0 aliphatic carbocycles. The van der Waals surface area contributed by atoms with Crippen LogP contribution in [0.4, 0.5) is 5.69 Å². The standard InChI is InChI=1S/C24H25N3O4/c1-2-16-7-10-18(11-8-16)25-22(28)15-31-24(30)17-9-12-19-20(14-17)26-21-6-4-3-5-13-27(21)23(19)29/h7-12,14H,2-6,13,15H2,1H3,(H,25,28). The minimum Gasteiger partial charge on any atom is -0.452 e. The lowest BCUT2D eigenvalue weighted by Gasteiger charge is -2.11. The first-order chi connectivity index (χ1) is 15.0. The fourth-order valence-corrected chi connectivity index (χ4v) is 3.78. The van der Waals surface area contributed by atoms with Gasteiger partial charge in [0.05, 0.1) is 16.5 Å². The van der Waals surface area contributed by atoms with Crippen LogP contribution in [0.2, 0.25) is 0 Å². The molecular weight excluding hydrogens is 394 g/mol. The molecule has 0 radical (unpaired) electrons. The Morgan fingerprint density at radius 3 is 2.68 bits per heavy atom. The summed E-state index contributed by atoms with van der Waals surface area (Å²) in [4.78, 5) is 42.0. The zero-order valence-electron chi connectivity index (χ0n) is 17.5. The number of rotatable bonds is 5. The zero-order valence-corrected chi connectivity index (χ0v) is 17.5. The van der Waals surface area contributed by atoms with Crippen LogP contribution in [0.15, 0.2) is 47.3 Å². The minimum atomic E-state index is -0.629. The number of ether oxygens (including phenoxy) is 1. The van der Waals surface area contributed by atoms with Gasteiger partial charge in [0.1, 0.15) is 5.82 Å². The van der Waals surface area contributed by atoms with Gasteiger partial charge in [0, 0.05) is 18.7 Å². The van der Waals surface area contributed by atoms with Gasteiger partial charge >= 0.3 is 5.97 Å². The molecule has 1 aliphatic rings. The van der Waals surface area contributed by atoms with Crippen molar-refractivity contribution >= 4 is 28.5 Å². The van der Waals surface area contributed by atoms with E-state index in [0.717, 1.165) is 37.9 Å². The molecule has 7 heteroatoms. The average molecular weight is 419 g/mol. The summed E-state index contributed by atoms with van der Waals surface area (Å²) in [5, 5.41) is 3.19. The van der Waals surface area contributed by atoms with Crippen molar-refractivity contribution < 1.29 is 14.3 Å². The minimum absolute atomic E-state index is 0.0738. The molecule has 0 spiro atoms. The van der Waals surface area contributed by atoms with Crippen LogP contribution in [0.25, 0.3) is 10.9 Å². The summed E-state index contributed by atoms with van der Waals surface area (Å²) in [7, 11) is 0. The number of fused-ring (bicyclic) bond motifs is 2. The predicted octanol–water partition coefficient (Wildman–Crippen LogP) is 3.48. The van der Waals surface area contributed by atoms with E-state index >= 15 is 0 Å². The number of anilines is 1. The average Bonchev–Trinajstić information content (AvgIpc) is 3.03. The molecule has 0 fully saturated rings. The molecule has 0 bridgehead atoms. The summed E-state index contributed by atoms with van der Waals surface area (Å²) in [6.45, 7) is 2.34. The van der Waals surface area contributed by atoms with E-state index in [-0.39, 0.29) is 11.1 Å². The second-order valence-corrected chi connectivity index (χ2v) is 7.70. The number of aryl methyl sites for hydroxylation is 2. The first kappa shape index (κ1) is 20.8. The van der Waals surface area contributed by atoms with Crippen LogP contribution in [0.1, 0.15) is 47.9 Å². The van der Waals surface area contributed by atoms with Crippen molar-refractivity contribution in [3.05, 3.63) is 69.8 Å². The maximum atomic E-state index is 12.8. The maximum Gasteiger partial charge on any atom is 0.338 e. The number of nitrogens with zero attached hydrogens (tertiary/aromatic N) is 2. The topological polar surface area (TPSA) is 90.3 Å². The first-order valence-electron chi connectivity index (χ1n) is 10.6. The third-order valence-electron chi connectivity index (χ3n) is 5.53. The van der Waals surface area contributed by atoms with E-state index in [1.807, 2.05) is 24.3 Å². The Bertz CT molecular complexity index is 1180. The lowest BCUT2D eigenvalue weighted by molar-refractivity contribution is -0.119. The van der Waals surface area contributed by atoms with Crippen molar-refractivity contribution in [2.75, 3.05) is 11.9 Å². The Labute approximate surface area is 180 Å². The fraction of sp³-hybridized carbons (Fsp3) is 0.333. The molecule has 1 aliphatic heterocycles. The van der Waals surface area contributed by atoms with Gasteiger partial charge in [-0.25, -0.2) is 9.78 Å². The van der Waals surface area contributed by atoms with Crippen LogP contribution < -0.4 is 10.9 Å². The van der Waals surface area contributed by atoms with Crippen LogP contribution >= 0.6 is 0 Å². The smallest absolute Gasteiger partial charge is 0.338 e. The number of carbonyl (C=O) groups is 2. The SMILES string of the molecule is CCc1ccc(NC(=O)COC(=O)c2ccc3c(=O)n4c(nc3c2)CCCCC4)cc1. The van der Waals surface area contributed by atoms with E-state index in [9.17, 15) is 14.4 Å². The number of aromatic nitrogens is 2. The van der Waals surface area contributed by atoms with Gasteiger partial charge < -0.3 is 10.1 Å². The second-order valence-electron chi connectivity index (χ2n) is 7.70. The van der Waals surface area contributed by atoms with Gasteiger partial charge in [-0.15, -0.1) is 0 Å². The van der Waals surface area contributed by atoms with Crippen LogP contribution in [0, 0.1) is 0 Å². The molecule has 160 valence electrons. The van der Waals surface area contributed by atoms with Crippen molar-refractivity contribution in [1.29, 1.82) is 0 Å². The van der Waals surface area contributed by atoms with Crippen molar-refractivity contribution in [3.63, 3.8) is 0 Å². The normalized spacial score (nSPS) is 13.3. The van der Waals surface area contributed by atoms with E-state index in [1.165, 1.54) is 5.56 Å². The summed E-state index contributed by atoms with van der Waals surface area (Å²) in [6.07, 6.45) is 4.70. The van der Waals surface area contributed by atoms with Gasteiger partial charge in [-0.3, -0.25) is 14.2 Å². The number of nitrogens with one attached hydrogen (secondary N) is 1. The predicted molar refractivity (Wildman–Crippen MR) is 118 cm³/mol. The number of benzene rings is 2. The molecule has 2 aromatic carbocycles. The highest BCUT2D eigenvalue weighted by Crippen LogP contribution is 2.17. The molecule has 0 saturated heterocycles. The third-order valence-corrected chi connectivity index (χ3v) is 5.53. The van der Waals surface area contributed by atoms with E-state index < -0.39 is 18.5 Å². The summed E-state index contributed by atoms with van der Waals surface area (Å²) in [6, 6.07) is 12.2. The van der Waals surface area contributed by atoms with E-state index in [1.54, 1.807) is 22.8 Å². The largest absolute Gasteiger partial charge is 0.452 e. The Kier molecular flexibility index (Phi) is 6.11. The first-order valence-corrected chi connectivity index (χ1v) is 10.6. The quantitative estimate of drug-likeness (QED) is 0.640. The molecule has 31 heavy (non-hydrogen) atoms. The molecule has 1 N–H and O–H groups in total. The van der Waals surface area contributed by atoms with E-state index in [2.05, 4.69) is 17.2 Å². The Balaban J connectivity index is 1.44. The van der Waals surface area contributed by atoms with Gasteiger partial charge in [-0.2, -0.15) is 0 Å². The highest BCUT2D eigenvalue weighted by Gasteiger charge is 2.16. The van der Waals surface area contributed by atoms with Crippen LogP contribution in [-0.2, 0) is 28.9 Å². The molecule has 4 rings (SSSR count). The lowest BCUT2D eigenvalue weighted by Crippen LogP contribution is -2.25. The van der Waals surface area contributed by atoms with Gasteiger partial charge in [0.2, 0.25) is 0 Å². The molecule has 0 atom stereocenters. The Hall–Kier alpha value is -3.48. The number of hydrogen-bond acceptors (Lipinski definition) is 5. The van der Waals surface area contributed by atoms with Crippen molar-refractivity contribution in [1.82, 2.24) is 9.55 Å². The molecule has 1 amide bonds. The van der Waals surface area contributed by atoms with Gasteiger partial charge in [-0.05, 0) is 55.2 Å². The zero-order chi connectivity index (χ0) is 21.8. The molecule has 0 saturated carbocycles. The fourth-order valence-electron chi connectivity index (χ4n) is 3.78. The number of esters is 1. The number of amides is 1. The van der Waals surface area contributed by atoms with Gasteiger partial charge in [-0.1, -0.05) is 25.5 Å². The summed E-state index contributed by atoms with van der Waals surface area (Å²) >= 11 is 0.